The van der Waals surface area contributed by atoms with Crippen LogP contribution in [0.15, 0.2) is 36.4 Å². The van der Waals surface area contributed by atoms with Crippen molar-refractivity contribution in [3.8, 4) is 5.75 Å². The molecule has 0 saturated carbocycles. The molecule has 4 nitrogen and oxygen atoms in total. The van der Waals surface area contributed by atoms with Gasteiger partial charge in [-0.1, -0.05) is 29.8 Å². The Morgan fingerprint density at radius 1 is 1.13 bits per heavy atom. The molecule has 0 bridgehead atoms. The summed E-state index contributed by atoms with van der Waals surface area (Å²) in [5.41, 5.74) is 1.97. The molecule has 0 amide bonds. The van der Waals surface area contributed by atoms with Crippen molar-refractivity contribution < 1.29 is 23.5 Å². The molecule has 0 spiro atoms. The highest BCUT2D eigenvalue weighted by Crippen LogP contribution is 2.22. The zero-order valence-electron chi connectivity index (χ0n) is 13.2. The van der Waals surface area contributed by atoms with Gasteiger partial charge in [0, 0.05) is 11.1 Å². The first kappa shape index (κ1) is 16.7. The van der Waals surface area contributed by atoms with E-state index in [1.165, 1.54) is 18.2 Å². The molecule has 0 aromatic heterocycles. The molecule has 0 fully saturated rings. The average molecular weight is 316 g/mol. The van der Waals surface area contributed by atoms with E-state index in [0.29, 0.717) is 5.75 Å². The molecule has 0 radical (unpaired) electrons. The molecule has 0 heterocycles. The lowest BCUT2D eigenvalue weighted by molar-refractivity contribution is -0.135. The highest BCUT2D eigenvalue weighted by atomic mass is 19.1. The van der Waals surface area contributed by atoms with Crippen molar-refractivity contribution in [1.29, 1.82) is 0 Å². The van der Waals surface area contributed by atoms with Gasteiger partial charge >= 0.3 is 5.97 Å². The molecule has 0 aliphatic carbocycles. The number of esters is 1. The normalized spacial score (nSPS) is 10.3. The van der Waals surface area contributed by atoms with Gasteiger partial charge in [0.1, 0.15) is 18.2 Å². The van der Waals surface area contributed by atoms with Crippen LogP contribution < -0.4 is 4.74 Å². The van der Waals surface area contributed by atoms with Crippen LogP contribution in [0.5, 0.6) is 5.75 Å². The molecule has 0 N–H and O–H groups in total. The van der Waals surface area contributed by atoms with Crippen LogP contribution in [0.25, 0.3) is 0 Å². The van der Waals surface area contributed by atoms with Crippen LogP contribution in [0.3, 0.4) is 0 Å². The third-order valence-electron chi connectivity index (χ3n) is 3.44. The van der Waals surface area contributed by atoms with E-state index < -0.39 is 17.6 Å². The van der Waals surface area contributed by atoms with E-state index in [4.69, 9.17) is 4.74 Å². The van der Waals surface area contributed by atoms with Crippen LogP contribution in [0.1, 0.15) is 27.0 Å². The van der Waals surface area contributed by atoms with E-state index in [1.54, 1.807) is 6.07 Å². The highest BCUT2D eigenvalue weighted by molar-refractivity contribution is 6.40. The van der Waals surface area contributed by atoms with Crippen LogP contribution in [-0.2, 0) is 16.1 Å². The predicted molar refractivity (Wildman–Crippen MR) is 83.0 cm³/mol. The largest absolute Gasteiger partial charge is 0.489 e. The summed E-state index contributed by atoms with van der Waals surface area (Å²) in [6.45, 7) is 3.68. The van der Waals surface area contributed by atoms with Gasteiger partial charge in [-0.3, -0.25) is 4.79 Å². The highest BCUT2D eigenvalue weighted by Gasteiger charge is 2.22. The Kier molecular flexibility index (Phi) is 5.11. The van der Waals surface area contributed by atoms with Crippen molar-refractivity contribution in [3.05, 3.63) is 64.5 Å². The molecule has 23 heavy (non-hydrogen) atoms. The van der Waals surface area contributed by atoms with Crippen LogP contribution in [-0.4, -0.2) is 18.9 Å². The van der Waals surface area contributed by atoms with Crippen molar-refractivity contribution in [3.63, 3.8) is 0 Å². The molecule has 0 atom stereocenters. The van der Waals surface area contributed by atoms with Crippen molar-refractivity contribution in [2.24, 2.45) is 0 Å². The second kappa shape index (κ2) is 7.05. The number of halogens is 1. The van der Waals surface area contributed by atoms with E-state index >= 15 is 0 Å². The smallest absolute Gasteiger partial charge is 0.379 e. The Balaban J connectivity index is 2.29. The van der Waals surface area contributed by atoms with Crippen LogP contribution >= 0.6 is 0 Å². The van der Waals surface area contributed by atoms with E-state index in [2.05, 4.69) is 4.74 Å². The van der Waals surface area contributed by atoms with Gasteiger partial charge in [0.2, 0.25) is 0 Å². The maximum absolute atomic E-state index is 14.1. The van der Waals surface area contributed by atoms with Crippen molar-refractivity contribution in [2.45, 2.75) is 20.5 Å². The Bertz CT molecular complexity index is 753. The Morgan fingerprint density at radius 3 is 2.52 bits per heavy atom. The summed E-state index contributed by atoms with van der Waals surface area (Å²) in [4.78, 5) is 23.4. The van der Waals surface area contributed by atoms with Crippen molar-refractivity contribution in [1.82, 2.24) is 0 Å². The Labute approximate surface area is 133 Å². The van der Waals surface area contributed by atoms with Crippen molar-refractivity contribution >= 4 is 11.8 Å². The van der Waals surface area contributed by atoms with Gasteiger partial charge in [0.05, 0.1) is 7.11 Å². The van der Waals surface area contributed by atoms with E-state index in [9.17, 15) is 14.0 Å². The summed E-state index contributed by atoms with van der Waals surface area (Å²) < 4.78 is 24.1. The maximum Gasteiger partial charge on any atom is 0.379 e. The monoisotopic (exact) mass is 316 g/mol. The number of benzene rings is 2. The lowest BCUT2D eigenvalue weighted by Gasteiger charge is -2.13. The molecule has 0 saturated heterocycles. The zero-order valence-corrected chi connectivity index (χ0v) is 13.2. The number of ketones is 1. The average Bonchev–Trinajstić information content (AvgIpc) is 2.53. The lowest BCUT2D eigenvalue weighted by atomic mass is 10.0. The fourth-order valence-electron chi connectivity index (χ4n) is 2.23. The number of carbonyl (C=O) groups is 2. The first-order valence-electron chi connectivity index (χ1n) is 7.04. The number of Topliss-reactive ketones (excluding diaryl/α,β-unsaturated/α-hetero) is 1. The first-order chi connectivity index (χ1) is 10.9. The third kappa shape index (κ3) is 3.74. The molecule has 2 aromatic carbocycles. The molecule has 2 aromatic rings. The minimum absolute atomic E-state index is 0.0304. The standard InChI is InChI=1S/C18H17FO4/c1-11-7-8-16(12(2)9-11)23-10-14-13(5-4-6-15(14)19)17(20)18(21)22-3/h4-9H,10H2,1-3H3. The van der Waals surface area contributed by atoms with Gasteiger partial charge in [-0.25, -0.2) is 9.18 Å². The zero-order chi connectivity index (χ0) is 17.0. The molecule has 120 valence electrons. The summed E-state index contributed by atoms with van der Waals surface area (Å²) in [5, 5.41) is 0. The maximum atomic E-state index is 14.1. The minimum atomic E-state index is -1.04. The summed E-state index contributed by atoms with van der Waals surface area (Å²) in [6, 6.07) is 9.57. The second-order valence-electron chi connectivity index (χ2n) is 5.14. The van der Waals surface area contributed by atoms with Crippen LogP contribution in [0, 0.1) is 19.7 Å². The number of ether oxygens (including phenoxy) is 2. The van der Waals surface area contributed by atoms with E-state index in [0.717, 1.165) is 18.2 Å². The summed E-state index contributed by atoms with van der Waals surface area (Å²) in [7, 11) is 1.10. The molecule has 2 rings (SSSR count). The SMILES string of the molecule is COC(=O)C(=O)c1cccc(F)c1COc1ccc(C)cc1C. The molecule has 0 aliphatic rings. The Hall–Kier alpha value is -2.69. The van der Waals surface area contributed by atoms with Gasteiger partial charge in [-0.05, 0) is 31.5 Å². The molecular weight excluding hydrogens is 299 g/mol. The quantitative estimate of drug-likeness (QED) is 0.482. The Morgan fingerprint density at radius 2 is 1.87 bits per heavy atom. The lowest BCUT2D eigenvalue weighted by Crippen LogP contribution is -2.19. The van der Waals surface area contributed by atoms with Gasteiger partial charge in [-0.2, -0.15) is 0 Å². The fraction of sp³-hybridized carbons (Fsp3) is 0.222. The number of hydrogen-bond acceptors (Lipinski definition) is 4. The number of methoxy groups -OCH3 is 1. The van der Waals surface area contributed by atoms with Gasteiger partial charge in [0.15, 0.2) is 0 Å². The summed E-state index contributed by atoms with van der Waals surface area (Å²) in [6.07, 6.45) is 0. The van der Waals surface area contributed by atoms with Gasteiger partial charge in [0.25, 0.3) is 5.78 Å². The third-order valence-corrected chi connectivity index (χ3v) is 3.44. The first-order valence-corrected chi connectivity index (χ1v) is 7.04. The van der Waals surface area contributed by atoms with Gasteiger partial charge in [-0.15, -0.1) is 0 Å². The molecule has 0 unspecified atom stereocenters. The minimum Gasteiger partial charge on any atom is -0.489 e. The topological polar surface area (TPSA) is 52.6 Å². The molecule has 5 heteroatoms. The fourth-order valence-corrected chi connectivity index (χ4v) is 2.23. The van der Waals surface area contributed by atoms with E-state index in [1.807, 2.05) is 26.0 Å². The molecular formula is C18H17FO4. The number of aryl methyl sites for hydroxylation is 2. The van der Waals surface area contributed by atoms with E-state index in [-0.39, 0.29) is 17.7 Å². The number of rotatable bonds is 5. The van der Waals surface area contributed by atoms with Crippen molar-refractivity contribution in [2.75, 3.05) is 7.11 Å². The summed E-state index contributed by atoms with van der Waals surface area (Å²) in [5.74, 6) is -1.95. The predicted octanol–water partition coefficient (Wildman–Crippen LogP) is 3.38. The number of carbonyl (C=O) groups excluding carboxylic acids is 2. The summed E-state index contributed by atoms with van der Waals surface area (Å²) >= 11 is 0. The molecule has 0 aliphatic heterocycles. The van der Waals surface area contributed by atoms with Crippen LogP contribution in [0.2, 0.25) is 0 Å². The van der Waals surface area contributed by atoms with Crippen LogP contribution in [0.4, 0.5) is 4.39 Å². The second-order valence-corrected chi connectivity index (χ2v) is 5.14. The van der Waals surface area contributed by atoms with Gasteiger partial charge < -0.3 is 9.47 Å². The number of hydrogen-bond donors (Lipinski definition) is 0.